The Balaban J connectivity index is 1.90. The number of benzene rings is 1. The minimum atomic E-state index is -0.774. The molecule has 0 radical (unpaired) electrons. The lowest BCUT2D eigenvalue weighted by atomic mass is 10.2. The average Bonchev–Trinajstić information content (AvgIpc) is 3.10. The first-order valence-electron chi connectivity index (χ1n) is 7.28. The zero-order chi connectivity index (χ0) is 18.0. The maximum Gasteiger partial charge on any atom is 0.261 e. The predicted octanol–water partition coefficient (Wildman–Crippen LogP) is 2.83. The van der Waals surface area contributed by atoms with E-state index in [4.69, 9.17) is 4.74 Å². The summed E-state index contributed by atoms with van der Waals surface area (Å²) in [5, 5.41) is 3.98. The number of amides is 1. The van der Waals surface area contributed by atoms with E-state index in [1.165, 1.54) is 35.2 Å². The van der Waals surface area contributed by atoms with Crippen LogP contribution in [0.3, 0.4) is 0 Å². The van der Waals surface area contributed by atoms with Crippen molar-refractivity contribution >= 4 is 11.6 Å². The van der Waals surface area contributed by atoms with Gasteiger partial charge in [-0.1, -0.05) is 0 Å². The topological polar surface area (TPSA) is 60.2 Å². The van der Waals surface area contributed by atoms with E-state index in [2.05, 4.69) is 10.1 Å². The number of hydrogen-bond donors (Lipinski definition) is 0. The van der Waals surface area contributed by atoms with Crippen molar-refractivity contribution in [2.75, 3.05) is 19.1 Å². The summed E-state index contributed by atoms with van der Waals surface area (Å²) >= 11 is 0. The Kier molecular flexibility index (Phi) is 4.42. The van der Waals surface area contributed by atoms with E-state index in [1.807, 2.05) is 0 Å². The second-order valence-corrected chi connectivity index (χ2v) is 5.17. The first-order chi connectivity index (χ1) is 12.0. The molecule has 0 spiro atoms. The van der Waals surface area contributed by atoms with Gasteiger partial charge in [-0.05, 0) is 24.3 Å². The third-order valence-corrected chi connectivity index (χ3v) is 3.60. The molecular weight excluding hydrogens is 330 g/mol. The number of pyridine rings is 1. The van der Waals surface area contributed by atoms with Crippen LogP contribution in [-0.2, 0) is 0 Å². The minimum absolute atomic E-state index is 0.0436. The molecule has 0 bridgehead atoms. The smallest absolute Gasteiger partial charge is 0.261 e. The van der Waals surface area contributed by atoms with Crippen LogP contribution in [0, 0.1) is 11.6 Å². The molecule has 6 nitrogen and oxygen atoms in total. The SMILES string of the molecule is COc1ncccc1N(C)C(=O)c1cnn(-c2ccc(F)cc2F)c1. The van der Waals surface area contributed by atoms with E-state index in [-0.39, 0.29) is 17.2 Å². The number of methoxy groups -OCH3 is 1. The Hall–Kier alpha value is -3.29. The number of aromatic nitrogens is 3. The molecule has 2 heterocycles. The molecule has 1 amide bonds. The van der Waals surface area contributed by atoms with Crippen LogP contribution in [0.1, 0.15) is 10.4 Å². The molecule has 25 heavy (non-hydrogen) atoms. The number of halogens is 2. The Morgan fingerprint density at radius 1 is 1.28 bits per heavy atom. The third kappa shape index (κ3) is 3.18. The molecule has 0 saturated heterocycles. The highest BCUT2D eigenvalue weighted by Gasteiger charge is 2.20. The monoisotopic (exact) mass is 344 g/mol. The maximum atomic E-state index is 13.8. The summed E-state index contributed by atoms with van der Waals surface area (Å²) in [5.74, 6) is -1.53. The fourth-order valence-electron chi connectivity index (χ4n) is 2.33. The molecule has 8 heteroatoms. The highest BCUT2D eigenvalue weighted by Crippen LogP contribution is 2.25. The highest BCUT2D eigenvalue weighted by atomic mass is 19.1. The van der Waals surface area contributed by atoms with Gasteiger partial charge in [0.05, 0.1) is 18.9 Å². The second-order valence-electron chi connectivity index (χ2n) is 5.17. The van der Waals surface area contributed by atoms with Crippen LogP contribution in [0.5, 0.6) is 5.88 Å². The van der Waals surface area contributed by atoms with E-state index in [0.717, 1.165) is 12.1 Å². The van der Waals surface area contributed by atoms with Gasteiger partial charge >= 0.3 is 0 Å². The van der Waals surface area contributed by atoms with Gasteiger partial charge in [0.2, 0.25) is 5.88 Å². The number of carbonyl (C=O) groups is 1. The number of hydrogen-bond acceptors (Lipinski definition) is 4. The first-order valence-corrected chi connectivity index (χ1v) is 7.28. The second kappa shape index (κ2) is 6.68. The van der Waals surface area contributed by atoms with Crippen LogP contribution in [0.4, 0.5) is 14.5 Å². The number of nitrogens with zero attached hydrogens (tertiary/aromatic N) is 4. The number of carbonyl (C=O) groups excluding carboxylic acids is 1. The van der Waals surface area contributed by atoms with Crippen LogP contribution >= 0.6 is 0 Å². The van der Waals surface area contributed by atoms with Gasteiger partial charge in [-0.2, -0.15) is 5.10 Å². The fraction of sp³-hybridized carbons (Fsp3) is 0.118. The predicted molar refractivity (Wildman–Crippen MR) is 87.0 cm³/mol. The fourth-order valence-corrected chi connectivity index (χ4v) is 2.33. The Bertz CT molecular complexity index is 927. The van der Waals surface area contributed by atoms with Crippen molar-refractivity contribution in [2.24, 2.45) is 0 Å². The van der Waals surface area contributed by atoms with E-state index < -0.39 is 11.6 Å². The van der Waals surface area contributed by atoms with Crippen LogP contribution in [0.25, 0.3) is 5.69 Å². The summed E-state index contributed by atoms with van der Waals surface area (Å²) in [6.07, 6.45) is 4.23. The quantitative estimate of drug-likeness (QED) is 0.730. The molecular formula is C17H14F2N4O2. The zero-order valence-electron chi connectivity index (χ0n) is 13.5. The lowest BCUT2D eigenvalue weighted by Crippen LogP contribution is -2.26. The minimum Gasteiger partial charge on any atom is -0.480 e. The molecule has 128 valence electrons. The lowest BCUT2D eigenvalue weighted by molar-refractivity contribution is 0.0992. The molecule has 0 unspecified atom stereocenters. The van der Waals surface area contributed by atoms with Gasteiger partial charge in [0.15, 0.2) is 5.82 Å². The van der Waals surface area contributed by atoms with Gasteiger partial charge in [0, 0.05) is 25.5 Å². The molecule has 0 aliphatic heterocycles. The molecule has 0 fully saturated rings. The van der Waals surface area contributed by atoms with Gasteiger partial charge in [0.1, 0.15) is 17.2 Å². The molecule has 0 aliphatic rings. The van der Waals surface area contributed by atoms with Crippen molar-refractivity contribution in [1.29, 1.82) is 0 Å². The first kappa shape index (κ1) is 16.6. The molecule has 2 aromatic heterocycles. The molecule has 3 rings (SSSR count). The zero-order valence-corrected chi connectivity index (χ0v) is 13.5. The molecule has 0 saturated carbocycles. The van der Waals surface area contributed by atoms with Gasteiger partial charge in [-0.25, -0.2) is 18.4 Å². The summed E-state index contributed by atoms with van der Waals surface area (Å²) in [6, 6.07) is 6.49. The Morgan fingerprint density at radius 3 is 2.80 bits per heavy atom. The summed E-state index contributed by atoms with van der Waals surface area (Å²) < 4.78 is 33.2. The van der Waals surface area contributed by atoms with Crippen LogP contribution < -0.4 is 9.64 Å². The lowest BCUT2D eigenvalue weighted by Gasteiger charge is -2.18. The van der Waals surface area contributed by atoms with Gasteiger partial charge in [-0.15, -0.1) is 0 Å². The normalized spacial score (nSPS) is 10.6. The van der Waals surface area contributed by atoms with Crippen molar-refractivity contribution in [3.05, 3.63) is 66.1 Å². The molecule has 1 aromatic carbocycles. The average molecular weight is 344 g/mol. The van der Waals surface area contributed by atoms with Crippen molar-refractivity contribution in [3.63, 3.8) is 0 Å². The van der Waals surface area contributed by atoms with Crippen molar-refractivity contribution < 1.29 is 18.3 Å². The maximum absolute atomic E-state index is 13.8. The Labute approximate surface area is 142 Å². The van der Waals surface area contributed by atoms with E-state index in [9.17, 15) is 13.6 Å². The summed E-state index contributed by atoms with van der Waals surface area (Å²) in [6.45, 7) is 0. The highest BCUT2D eigenvalue weighted by molar-refractivity contribution is 6.06. The largest absolute Gasteiger partial charge is 0.480 e. The molecule has 3 aromatic rings. The number of ether oxygens (including phenoxy) is 1. The summed E-state index contributed by atoms with van der Waals surface area (Å²) in [7, 11) is 3.02. The van der Waals surface area contributed by atoms with Crippen LogP contribution in [0.15, 0.2) is 48.9 Å². The van der Waals surface area contributed by atoms with Gasteiger partial charge in [-0.3, -0.25) is 4.79 Å². The molecule has 0 atom stereocenters. The van der Waals surface area contributed by atoms with E-state index in [1.54, 1.807) is 25.4 Å². The summed E-state index contributed by atoms with van der Waals surface area (Å²) in [5.41, 5.74) is 0.759. The van der Waals surface area contributed by atoms with Crippen molar-refractivity contribution in [1.82, 2.24) is 14.8 Å². The Morgan fingerprint density at radius 2 is 2.08 bits per heavy atom. The molecule has 0 aliphatic carbocycles. The number of anilines is 1. The third-order valence-electron chi connectivity index (χ3n) is 3.60. The summed E-state index contributed by atoms with van der Waals surface area (Å²) in [4.78, 5) is 18.0. The molecule has 0 N–H and O–H groups in total. The van der Waals surface area contributed by atoms with E-state index >= 15 is 0 Å². The van der Waals surface area contributed by atoms with Crippen molar-refractivity contribution in [2.45, 2.75) is 0 Å². The van der Waals surface area contributed by atoms with E-state index in [0.29, 0.717) is 11.6 Å². The number of rotatable bonds is 4. The standard InChI is InChI=1S/C17H14F2N4O2/c1-22(15-4-3-7-20-16(15)25-2)17(24)11-9-21-23(10-11)14-6-5-12(18)8-13(14)19/h3-10H,1-2H3. The van der Waals surface area contributed by atoms with Crippen LogP contribution in [0.2, 0.25) is 0 Å². The van der Waals surface area contributed by atoms with Gasteiger partial charge in [0.25, 0.3) is 5.91 Å². The van der Waals surface area contributed by atoms with Crippen LogP contribution in [-0.4, -0.2) is 34.8 Å². The van der Waals surface area contributed by atoms with Crippen molar-refractivity contribution in [3.8, 4) is 11.6 Å². The van der Waals surface area contributed by atoms with Gasteiger partial charge < -0.3 is 9.64 Å².